The van der Waals surface area contributed by atoms with Crippen LogP contribution in [-0.2, 0) is 14.8 Å². The van der Waals surface area contributed by atoms with E-state index < -0.39 is 16.1 Å². The van der Waals surface area contributed by atoms with Crippen molar-refractivity contribution in [2.24, 2.45) is 0 Å². The topological polar surface area (TPSA) is 55.8 Å². The fraction of sp³-hybridized carbons (Fsp3) is 0.333. The first-order valence-corrected chi connectivity index (χ1v) is 9.37. The van der Waals surface area contributed by atoms with Crippen molar-refractivity contribution in [3.05, 3.63) is 59.4 Å². The second-order valence-electron chi connectivity index (χ2n) is 5.91. The highest BCUT2D eigenvalue weighted by molar-refractivity contribution is 7.89. The van der Waals surface area contributed by atoms with Gasteiger partial charge in [0.15, 0.2) is 0 Å². The molecule has 0 N–H and O–H groups in total. The number of hydrogen-bond acceptors (Lipinski definition) is 4. The maximum Gasteiger partial charge on any atom is 0.243 e. The van der Waals surface area contributed by atoms with E-state index >= 15 is 0 Å². The van der Waals surface area contributed by atoms with Crippen LogP contribution in [0.5, 0.6) is 5.75 Å². The van der Waals surface area contributed by atoms with Gasteiger partial charge in [-0.3, -0.25) is 0 Å². The Hall–Kier alpha value is -1.96. The third-order valence-electron chi connectivity index (χ3n) is 4.27. The van der Waals surface area contributed by atoms with Gasteiger partial charge in [0.1, 0.15) is 11.6 Å². The number of hydrogen-bond donors (Lipinski definition) is 0. The average molecular weight is 365 g/mol. The molecule has 0 radical (unpaired) electrons. The monoisotopic (exact) mass is 365 g/mol. The van der Waals surface area contributed by atoms with Crippen LogP contribution in [0.25, 0.3) is 0 Å². The number of sulfonamides is 1. The molecule has 3 rings (SSSR count). The van der Waals surface area contributed by atoms with Crippen LogP contribution in [0.4, 0.5) is 4.39 Å². The summed E-state index contributed by atoms with van der Waals surface area (Å²) in [5, 5.41) is 0. The van der Waals surface area contributed by atoms with Crippen molar-refractivity contribution < 1.29 is 22.3 Å². The number of halogens is 1. The van der Waals surface area contributed by atoms with Crippen LogP contribution < -0.4 is 4.74 Å². The summed E-state index contributed by atoms with van der Waals surface area (Å²) in [6.45, 7) is 2.51. The maximum absolute atomic E-state index is 13.1. The first-order chi connectivity index (χ1) is 11.9. The summed E-state index contributed by atoms with van der Waals surface area (Å²) in [4.78, 5) is 0.257. The van der Waals surface area contributed by atoms with E-state index in [0.29, 0.717) is 11.3 Å². The van der Waals surface area contributed by atoms with Crippen molar-refractivity contribution in [3.8, 4) is 5.75 Å². The van der Waals surface area contributed by atoms with Crippen LogP contribution in [-0.4, -0.2) is 39.5 Å². The second-order valence-corrected chi connectivity index (χ2v) is 7.81. The van der Waals surface area contributed by atoms with Crippen molar-refractivity contribution in [1.29, 1.82) is 0 Å². The van der Waals surface area contributed by atoms with Crippen LogP contribution in [0.15, 0.2) is 47.4 Å². The molecular weight excluding hydrogens is 345 g/mol. The van der Waals surface area contributed by atoms with Gasteiger partial charge in [-0.15, -0.1) is 0 Å². The molecule has 25 heavy (non-hydrogen) atoms. The predicted molar refractivity (Wildman–Crippen MR) is 91.6 cm³/mol. The first kappa shape index (κ1) is 17.8. The Labute approximate surface area is 147 Å². The third kappa shape index (κ3) is 3.68. The van der Waals surface area contributed by atoms with E-state index in [-0.39, 0.29) is 30.4 Å². The zero-order valence-electron chi connectivity index (χ0n) is 14.1. The molecule has 0 amide bonds. The summed E-state index contributed by atoms with van der Waals surface area (Å²) in [5.74, 6) is 0.278. The van der Waals surface area contributed by atoms with E-state index in [1.165, 1.54) is 23.5 Å². The zero-order chi connectivity index (χ0) is 18.0. The summed E-state index contributed by atoms with van der Waals surface area (Å²) >= 11 is 0. The molecule has 7 heteroatoms. The SMILES string of the molecule is COc1ccc(S(=O)(=O)N2CCOC(c3ccc(F)cc3)C2)c(C)c1. The molecule has 1 unspecified atom stereocenters. The number of nitrogens with zero attached hydrogens (tertiary/aromatic N) is 1. The van der Waals surface area contributed by atoms with Gasteiger partial charge in [0.05, 0.1) is 24.7 Å². The van der Waals surface area contributed by atoms with Gasteiger partial charge < -0.3 is 9.47 Å². The molecule has 0 aliphatic carbocycles. The molecule has 1 atom stereocenters. The number of aryl methyl sites for hydroxylation is 1. The molecular formula is C18H20FNO4S. The minimum Gasteiger partial charge on any atom is -0.497 e. The molecule has 5 nitrogen and oxygen atoms in total. The van der Waals surface area contributed by atoms with Crippen molar-refractivity contribution in [1.82, 2.24) is 4.31 Å². The maximum atomic E-state index is 13.1. The van der Waals surface area contributed by atoms with Crippen LogP contribution in [0.3, 0.4) is 0 Å². The highest BCUT2D eigenvalue weighted by Gasteiger charge is 2.32. The molecule has 1 aliphatic heterocycles. The number of benzene rings is 2. The zero-order valence-corrected chi connectivity index (χ0v) is 14.9. The second kappa shape index (κ2) is 7.11. The number of ether oxygens (including phenoxy) is 2. The number of rotatable bonds is 4. The van der Waals surface area contributed by atoms with Gasteiger partial charge >= 0.3 is 0 Å². The standard InChI is InChI=1S/C18H20FNO4S/c1-13-11-16(23-2)7-8-18(13)25(21,22)20-9-10-24-17(12-20)14-3-5-15(19)6-4-14/h3-8,11,17H,9-10,12H2,1-2H3. The molecule has 0 spiro atoms. The van der Waals surface area contributed by atoms with Crippen LogP contribution >= 0.6 is 0 Å². The lowest BCUT2D eigenvalue weighted by Gasteiger charge is -2.32. The Morgan fingerprint density at radius 3 is 2.56 bits per heavy atom. The van der Waals surface area contributed by atoms with Gasteiger partial charge in [0.2, 0.25) is 10.0 Å². The van der Waals surface area contributed by atoms with Gasteiger partial charge in [-0.05, 0) is 48.4 Å². The minimum atomic E-state index is -3.64. The van der Waals surface area contributed by atoms with Crippen molar-refractivity contribution in [2.45, 2.75) is 17.9 Å². The smallest absolute Gasteiger partial charge is 0.243 e. The molecule has 1 aliphatic rings. The quantitative estimate of drug-likeness (QED) is 0.836. The normalized spacial score (nSPS) is 18.9. The van der Waals surface area contributed by atoms with E-state index in [1.807, 2.05) is 0 Å². The molecule has 0 bridgehead atoms. The van der Waals surface area contributed by atoms with E-state index in [4.69, 9.17) is 9.47 Å². The van der Waals surface area contributed by atoms with Crippen LogP contribution in [0.1, 0.15) is 17.2 Å². The highest BCUT2D eigenvalue weighted by atomic mass is 32.2. The highest BCUT2D eigenvalue weighted by Crippen LogP contribution is 2.29. The van der Waals surface area contributed by atoms with Gasteiger partial charge in [0.25, 0.3) is 0 Å². The average Bonchev–Trinajstić information content (AvgIpc) is 2.62. The Bertz CT molecular complexity index is 852. The number of methoxy groups -OCH3 is 1. The molecule has 0 saturated carbocycles. The molecule has 0 aromatic heterocycles. The fourth-order valence-electron chi connectivity index (χ4n) is 2.90. The van der Waals surface area contributed by atoms with Crippen LogP contribution in [0.2, 0.25) is 0 Å². The van der Waals surface area contributed by atoms with Crippen molar-refractivity contribution >= 4 is 10.0 Å². The predicted octanol–water partition coefficient (Wildman–Crippen LogP) is 2.90. The molecule has 1 heterocycles. The Kier molecular flexibility index (Phi) is 5.08. The Morgan fingerprint density at radius 1 is 1.20 bits per heavy atom. The fourth-order valence-corrected chi connectivity index (χ4v) is 4.53. The lowest BCUT2D eigenvalue weighted by molar-refractivity contribution is -0.00259. The molecule has 2 aromatic rings. The summed E-state index contributed by atoms with van der Waals surface area (Å²) in [6, 6.07) is 10.8. The van der Waals surface area contributed by atoms with Gasteiger partial charge in [-0.1, -0.05) is 12.1 Å². The minimum absolute atomic E-state index is 0.194. The van der Waals surface area contributed by atoms with E-state index in [9.17, 15) is 12.8 Å². The van der Waals surface area contributed by atoms with E-state index in [1.54, 1.807) is 37.3 Å². The Balaban J connectivity index is 1.86. The lowest BCUT2D eigenvalue weighted by Crippen LogP contribution is -2.42. The molecule has 2 aromatic carbocycles. The molecule has 1 saturated heterocycles. The van der Waals surface area contributed by atoms with Gasteiger partial charge in [-0.2, -0.15) is 4.31 Å². The summed E-state index contributed by atoms with van der Waals surface area (Å²) in [7, 11) is -2.10. The van der Waals surface area contributed by atoms with E-state index in [2.05, 4.69) is 0 Å². The van der Waals surface area contributed by atoms with Crippen molar-refractivity contribution in [3.63, 3.8) is 0 Å². The van der Waals surface area contributed by atoms with Gasteiger partial charge in [0, 0.05) is 13.1 Å². The number of morpholine rings is 1. The summed E-state index contributed by atoms with van der Waals surface area (Å²) in [6.07, 6.45) is -0.414. The summed E-state index contributed by atoms with van der Waals surface area (Å²) in [5.41, 5.74) is 1.39. The molecule has 1 fully saturated rings. The summed E-state index contributed by atoms with van der Waals surface area (Å²) < 4.78 is 51.3. The lowest BCUT2D eigenvalue weighted by atomic mass is 10.1. The first-order valence-electron chi connectivity index (χ1n) is 7.93. The molecule has 134 valence electrons. The van der Waals surface area contributed by atoms with E-state index in [0.717, 1.165) is 5.56 Å². The third-order valence-corrected chi connectivity index (χ3v) is 6.30. The van der Waals surface area contributed by atoms with Crippen molar-refractivity contribution in [2.75, 3.05) is 26.8 Å². The Morgan fingerprint density at radius 2 is 1.92 bits per heavy atom. The van der Waals surface area contributed by atoms with Crippen LogP contribution in [0, 0.1) is 12.7 Å². The largest absolute Gasteiger partial charge is 0.497 e. The van der Waals surface area contributed by atoms with Gasteiger partial charge in [-0.25, -0.2) is 12.8 Å².